The number of carboxylic acid groups (broad SMARTS) is 1. The van der Waals surface area contributed by atoms with Crippen molar-refractivity contribution in [3.05, 3.63) is 41.8 Å². The van der Waals surface area contributed by atoms with Gasteiger partial charge in [-0.05, 0) is 35.7 Å². The van der Waals surface area contributed by atoms with Gasteiger partial charge in [0.25, 0.3) is 10.0 Å². The number of aliphatic carboxylic acids is 1. The fourth-order valence-electron chi connectivity index (χ4n) is 1.58. The number of rotatable bonds is 5. The molecule has 106 valence electrons. The van der Waals surface area contributed by atoms with Crippen molar-refractivity contribution in [3.63, 3.8) is 0 Å². The summed E-state index contributed by atoms with van der Waals surface area (Å²) in [6, 6.07) is 8.29. The van der Waals surface area contributed by atoms with E-state index < -0.39 is 22.5 Å². The van der Waals surface area contributed by atoms with Gasteiger partial charge in [0.2, 0.25) is 0 Å². The highest BCUT2D eigenvalue weighted by Crippen LogP contribution is 2.27. The van der Waals surface area contributed by atoms with Crippen LogP contribution in [0.3, 0.4) is 0 Å². The lowest BCUT2D eigenvalue weighted by Crippen LogP contribution is -2.35. The van der Waals surface area contributed by atoms with Crippen LogP contribution >= 0.6 is 11.3 Å². The highest BCUT2D eigenvalue weighted by atomic mass is 32.2. The molecule has 2 rings (SSSR count). The van der Waals surface area contributed by atoms with Gasteiger partial charge in [0, 0.05) is 0 Å². The molecule has 2 N–H and O–H groups in total. The van der Waals surface area contributed by atoms with E-state index in [2.05, 4.69) is 0 Å². The first kappa shape index (κ1) is 14.4. The molecular formula is C12H11NO5S2. The SMILES string of the molecule is O=C(O)CN(c1ccc(O)cc1)S(=O)(=O)c1cccs1. The molecule has 0 radical (unpaired) electrons. The lowest BCUT2D eigenvalue weighted by atomic mass is 10.3. The Balaban J connectivity index is 2.48. The van der Waals surface area contributed by atoms with E-state index in [1.807, 2.05) is 0 Å². The molecule has 0 fully saturated rings. The van der Waals surface area contributed by atoms with Crippen LogP contribution in [0.4, 0.5) is 5.69 Å². The normalized spacial score (nSPS) is 11.2. The lowest BCUT2D eigenvalue weighted by Gasteiger charge is -2.21. The number of carbonyl (C=O) groups is 1. The van der Waals surface area contributed by atoms with Gasteiger partial charge in [0.05, 0.1) is 5.69 Å². The molecule has 1 heterocycles. The van der Waals surface area contributed by atoms with Gasteiger partial charge >= 0.3 is 5.97 Å². The predicted molar refractivity (Wildman–Crippen MR) is 74.6 cm³/mol. The minimum Gasteiger partial charge on any atom is -0.508 e. The van der Waals surface area contributed by atoms with Crippen LogP contribution in [0.15, 0.2) is 46.0 Å². The van der Waals surface area contributed by atoms with Gasteiger partial charge in [-0.1, -0.05) is 6.07 Å². The number of phenols is 1. The Morgan fingerprint density at radius 1 is 1.20 bits per heavy atom. The highest BCUT2D eigenvalue weighted by Gasteiger charge is 2.27. The number of nitrogens with zero attached hydrogens (tertiary/aromatic N) is 1. The molecule has 0 aliphatic heterocycles. The van der Waals surface area contributed by atoms with Gasteiger partial charge in [0.1, 0.15) is 16.5 Å². The molecule has 0 bridgehead atoms. The summed E-state index contributed by atoms with van der Waals surface area (Å²) in [6.07, 6.45) is 0. The smallest absolute Gasteiger partial charge is 0.324 e. The van der Waals surface area contributed by atoms with Crippen LogP contribution in [-0.2, 0) is 14.8 Å². The maximum absolute atomic E-state index is 12.4. The first-order chi connectivity index (χ1) is 9.41. The molecule has 0 saturated carbocycles. The summed E-state index contributed by atoms with van der Waals surface area (Å²) in [5, 5.41) is 19.7. The van der Waals surface area contributed by atoms with Crippen molar-refractivity contribution in [2.24, 2.45) is 0 Å². The third kappa shape index (κ3) is 2.91. The van der Waals surface area contributed by atoms with E-state index in [-0.39, 0.29) is 15.6 Å². The Kier molecular flexibility index (Phi) is 3.96. The predicted octanol–water partition coefficient (Wildman–Crippen LogP) is 1.73. The summed E-state index contributed by atoms with van der Waals surface area (Å²) in [4.78, 5) is 10.9. The average Bonchev–Trinajstić information content (AvgIpc) is 2.91. The molecule has 0 aliphatic rings. The highest BCUT2D eigenvalue weighted by molar-refractivity contribution is 7.94. The topological polar surface area (TPSA) is 94.9 Å². The van der Waals surface area contributed by atoms with E-state index in [1.54, 1.807) is 11.4 Å². The summed E-state index contributed by atoms with van der Waals surface area (Å²) < 4.78 is 25.7. The lowest BCUT2D eigenvalue weighted by molar-refractivity contribution is -0.135. The van der Waals surface area contributed by atoms with E-state index in [1.165, 1.54) is 30.3 Å². The summed E-state index contributed by atoms with van der Waals surface area (Å²) in [6.45, 7) is -0.689. The van der Waals surface area contributed by atoms with Crippen LogP contribution in [0, 0.1) is 0 Å². The molecule has 20 heavy (non-hydrogen) atoms. The second-order valence-electron chi connectivity index (χ2n) is 3.85. The summed E-state index contributed by atoms with van der Waals surface area (Å²) in [5.74, 6) is -1.30. The zero-order valence-electron chi connectivity index (χ0n) is 10.1. The number of thiophene rings is 1. The van der Waals surface area contributed by atoms with Crippen LogP contribution in [-0.4, -0.2) is 31.1 Å². The number of carboxylic acids is 1. The number of phenolic OH excluding ortho intramolecular Hbond substituents is 1. The number of hydrogen-bond donors (Lipinski definition) is 2. The molecule has 8 heteroatoms. The van der Waals surface area contributed by atoms with Gasteiger partial charge in [-0.25, -0.2) is 8.42 Å². The van der Waals surface area contributed by atoms with Gasteiger partial charge < -0.3 is 10.2 Å². The summed E-state index contributed by atoms with van der Waals surface area (Å²) >= 11 is 1.01. The zero-order chi connectivity index (χ0) is 14.8. The fourth-order valence-corrected chi connectivity index (χ4v) is 4.09. The van der Waals surface area contributed by atoms with Crippen molar-refractivity contribution in [1.29, 1.82) is 0 Å². The zero-order valence-corrected chi connectivity index (χ0v) is 11.8. The van der Waals surface area contributed by atoms with Gasteiger partial charge in [-0.3, -0.25) is 9.10 Å². The minimum atomic E-state index is -3.93. The first-order valence-corrected chi connectivity index (χ1v) is 7.80. The maximum Gasteiger partial charge on any atom is 0.324 e. The standard InChI is InChI=1S/C12H11NO5S2/c14-10-5-3-9(4-6-10)13(8-11(15)16)20(17,18)12-2-1-7-19-12/h1-7,14H,8H2,(H,15,16). The Labute approximate surface area is 119 Å². The largest absolute Gasteiger partial charge is 0.508 e. The van der Waals surface area contributed by atoms with Crippen LogP contribution in [0.1, 0.15) is 0 Å². The van der Waals surface area contributed by atoms with Gasteiger partial charge in [-0.2, -0.15) is 0 Å². The third-order valence-corrected chi connectivity index (χ3v) is 5.60. The Hall–Kier alpha value is -2.06. The number of benzene rings is 1. The molecule has 0 saturated heterocycles. The minimum absolute atomic E-state index is 0.0300. The van der Waals surface area contributed by atoms with Crippen LogP contribution in [0.25, 0.3) is 0 Å². The Bertz CT molecular complexity index is 692. The fraction of sp³-hybridized carbons (Fsp3) is 0.0833. The van der Waals surface area contributed by atoms with Crippen LogP contribution in [0.2, 0.25) is 0 Å². The summed E-state index contributed by atoms with van der Waals surface area (Å²) in [5.41, 5.74) is 0.179. The third-order valence-electron chi connectivity index (χ3n) is 2.46. The second-order valence-corrected chi connectivity index (χ2v) is 6.89. The molecule has 1 aromatic heterocycles. The maximum atomic E-state index is 12.4. The molecule has 6 nitrogen and oxygen atoms in total. The van der Waals surface area contributed by atoms with Crippen molar-refractivity contribution < 1.29 is 23.4 Å². The van der Waals surface area contributed by atoms with Crippen molar-refractivity contribution in [2.75, 3.05) is 10.8 Å². The van der Waals surface area contributed by atoms with Crippen molar-refractivity contribution in [3.8, 4) is 5.75 Å². The average molecular weight is 313 g/mol. The molecule has 0 amide bonds. The van der Waals surface area contributed by atoms with E-state index in [0.717, 1.165) is 15.6 Å². The quantitative estimate of drug-likeness (QED) is 0.876. The Morgan fingerprint density at radius 2 is 1.85 bits per heavy atom. The van der Waals surface area contributed by atoms with E-state index in [0.29, 0.717) is 0 Å². The molecular weight excluding hydrogens is 302 g/mol. The monoisotopic (exact) mass is 313 g/mol. The molecule has 0 aliphatic carbocycles. The molecule has 0 spiro atoms. The van der Waals surface area contributed by atoms with Crippen LogP contribution in [0.5, 0.6) is 5.75 Å². The van der Waals surface area contributed by atoms with Gasteiger partial charge in [0.15, 0.2) is 0 Å². The molecule has 2 aromatic rings. The van der Waals surface area contributed by atoms with E-state index in [9.17, 15) is 18.3 Å². The van der Waals surface area contributed by atoms with E-state index >= 15 is 0 Å². The molecule has 0 atom stereocenters. The Morgan fingerprint density at radius 3 is 2.35 bits per heavy atom. The van der Waals surface area contributed by atoms with Crippen LogP contribution < -0.4 is 4.31 Å². The second kappa shape index (κ2) is 5.51. The van der Waals surface area contributed by atoms with Crippen molar-refractivity contribution in [2.45, 2.75) is 4.21 Å². The van der Waals surface area contributed by atoms with Gasteiger partial charge in [-0.15, -0.1) is 11.3 Å². The number of anilines is 1. The van der Waals surface area contributed by atoms with Crippen molar-refractivity contribution >= 4 is 33.0 Å². The first-order valence-electron chi connectivity index (χ1n) is 5.48. The molecule has 0 unspecified atom stereocenters. The van der Waals surface area contributed by atoms with E-state index in [4.69, 9.17) is 5.11 Å². The number of hydrogen-bond acceptors (Lipinski definition) is 5. The number of sulfonamides is 1. The summed E-state index contributed by atoms with van der Waals surface area (Å²) in [7, 11) is -3.93. The van der Waals surface area contributed by atoms with Crippen molar-refractivity contribution in [1.82, 2.24) is 0 Å². The number of aromatic hydroxyl groups is 1. The molecule has 1 aromatic carbocycles.